The maximum Gasteiger partial charge on any atom is 0.228 e. The molecule has 3 rings (SSSR count). The Morgan fingerprint density at radius 1 is 1.12 bits per heavy atom. The highest BCUT2D eigenvalue weighted by molar-refractivity contribution is 6.31. The molecule has 0 radical (unpaired) electrons. The summed E-state index contributed by atoms with van der Waals surface area (Å²) in [5.41, 5.74) is 2.54. The number of carbonyl (C=O) groups is 2. The molecule has 4 nitrogen and oxygen atoms in total. The minimum atomic E-state index is -0.306. The number of benzene rings is 2. The van der Waals surface area contributed by atoms with Crippen LogP contribution in [0.2, 0.25) is 5.02 Å². The zero-order chi connectivity index (χ0) is 18.7. The predicted molar refractivity (Wildman–Crippen MR) is 99.5 cm³/mol. The molecule has 2 atom stereocenters. The molecule has 1 fully saturated rings. The lowest BCUT2D eigenvalue weighted by molar-refractivity contribution is -0.125. The van der Waals surface area contributed by atoms with Gasteiger partial charge in [-0.15, -0.1) is 0 Å². The topological polar surface area (TPSA) is 58.2 Å². The second-order valence-electron chi connectivity index (χ2n) is 6.56. The van der Waals surface area contributed by atoms with Crippen LogP contribution in [0.4, 0.5) is 10.1 Å². The number of anilines is 1. The van der Waals surface area contributed by atoms with E-state index in [1.54, 1.807) is 24.3 Å². The van der Waals surface area contributed by atoms with Crippen LogP contribution in [0, 0.1) is 24.6 Å². The molecular weight excluding hydrogens is 355 g/mol. The van der Waals surface area contributed by atoms with E-state index in [4.69, 9.17) is 11.6 Å². The predicted octanol–water partition coefficient (Wildman–Crippen LogP) is 3.72. The van der Waals surface area contributed by atoms with Gasteiger partial charge in [-0.1, -0.05) is 29.8 Å². The lowest BCUT2D eigenvalue weighted by Gasteiger charge is -2.09. The molecule has 136 valence electrons. The highest BCUT2D eigenvalue weighted by atomic mass is 35.5. The number of aryl methyl sites for hydroxylation is 1. The highest BCUT2D eigenvalue weighted by Gasteiger charge is 2.47. The van der Waals surface area contributed by atoms with Crippen molar-refractivity contribution in [2.24, 2.45) is 11.8 Å². The molecule has 2 amide bonds. The van der Waals surface area contributed by atoms with Crippen LogP contribution in [-0.2, 0) is 16.0 Å². The zero-order valence-corrected chi connectivity index (χ0v) is 15.1. The molecule has 0 heterocycles. The molecular formula is C20H20ClFN2O2. The first-order valence-electron chi connectivity index (χ1n) is 8.53. The van der Waals surface area contributed by atoms with E-state index >= 15 is 0 Å². The first-order valence-corrected chi connectivity index (χ1v) is 8.91. The molecule has 0 aromatic heterocycles. The third kappa shape index (κ3) is 4.61. The van der Waals surface area contributed by atoms with Crippen LogP contribution in [0.5, 0.6) is 0 Å². The second-order valence-corrected chi connectivity index (χ2v) is 7.00. The molecule has 2 unspecified atom stereocenters. The summed E-state index contributed by atoms with van der Waals surface area (Å²) in [5, 5.41) is 6.24. The maximum absolute atomic E-state index is 12.9. The molecule has 0 bridgehead atoms. The lowest BCUT2D eigenvalue weighted by atomic mass is 10.1. The number of carbonyl (C=O) groups excluding carboxylic acids is 2. The molecule has 0 spiro atoms. The highest BCUT2D eigenvalue weighted by Crippen LogP contribution is 2.39. The number of hydrogen-bond acceptors (Lipinski definition) is 2. The monoisotopic (exact) mass is 374 g/mol. The van der Waals surface area contributed by atoms with Gasteiger partial charge in [0, 0.05) is 17.3 Å². The molecule has 1 aliphatic carbocycles. The van der Waals surface area contributed by atoms with Crippen molar-refractivity contribution in [2.75, 3.05) is 11.9 Å². The summed E-state index contributed by atoms with van der Waals surface area (Å²) in [4.78, 5) is 24.5. The molecule has 2 aromatic carbocycles. The number of rotatable bonds is 6. The van der Waals surface area contributed by atoms with Crippen molar-refractivity contribution >= 4 is 29.1 Å². The Labute approximate surface area is 156 Å². The fourth-order valence-corrected chi connectivity index (χ4v) is 3.01. The van der Waals surface area contributed by atoms with Crippen molar-refractivity contribution in [1.82, 2.24) is 5.32 Å². The van der Waals surface area contributed by atoms with Crippen molar-refractivity contribution in [3.8, 4) is 0 Å². The Hall–Kier alpha value is -2.40. The Bertz CT molecular complexity index is 823. The summed E-state index contributed by atoms with van der Waals surface area (Å²) in [6.07, 6.45) is 1.17. The third-order valence-corrected chi connectivity index (χ3v) is 4.78. The fourth-order valence-electron chi connectivity index (χ4n) is 2.84. The molecule has 0 aliphatic heterocycles. The van der Waals surface area contributed by atoms with Crippen molar-refractivity contribution in [3.05, 3.63) is 64.4 Å². The SMILES string of the molecule is Cc1ccc(Cl)cc1NC(=O)C1CC1C(=O)NCCc1ccc(F)cc1. The molecule has 2 aromatic rings. The summed E-state index contributed by atoms with van der Waals surface area (Å²) < 4.78 is 12.9. The van der Waals surface area contributed by atoms with Crippen LogP contribution >= 0.6 is 11.6 Å². The molecule has 1 saturated carbocycles. The van der Waals surface area contributed by atoms with Gasteiger partial charge in [0.1, 0.15) is 5.82 Å². The van der Waals surface area contributed by atoms with Crippen molar-refractivity contribution in [1.29, 1.82) is 0 Å². The minimum absolute atomic E-state index is 0.116. The smallest absolute Gasteiger partial charge is 0.228 e. The molecule has 1 aliphatic rings. The fraction of sp³-hybridized carbons (Fsp3) is 0.300. The molecule has 26 heavy (non-hydrogen) atoms. The van der Waals surface area contributed by atoms with Gasteiger partial charge in [0.25, 0.3) is 0 Å². The quantitative estimate of drug-likeness (QED) is 0.809. The van der Waals surface area contributed by atoms with Gasteiger partial charge in [-0.2, -0.15) is 0 Å². The van der Waals surface area contributed by atoms with Crippen LogP contribution < -0.4 is 10.6 Å². The van der Waals surface area contributed by atoms with Crippen LogP contribution in [-0.4, -0.2) is 18.4 Å². The third-order valence-electron chi connectivity index (χ3n) is 4.55. The summed E-state index contributed by atoms with van der Waals surface area (Å²) >= 11 is 5.95. The van der Waals surface area contributed by atoms with Gasteiger partial charge in [-0.05, 0) is 55.2 Å². The van der Waals surface area contributed by atoms with Crippen molar-refractivity contribution in [2.45, 2.75) is 19.8 Å². The Morgan fingerprint density at radius 3 is 2.54 bits per heavy atom. The van der Waals surface area contributed by atoms with Gasteiger partial charge in [-0.3, -0.25) is 9.59 Å². The van der Waals surface area contributed by atoms with E-state index in [1.165, 1.54) is 12.1 Å². The van der Waals surface area contributed by atoms with E-state index < -0.39 is 0 Å². The van der Waals surface area contributed by atoms with Crippen molar-refractivity contribution < 1.29 is 14.0 Å². The van der Waals surface area contributed by atoms with Gasteiger partial charge < -0.3 is 10.6 Å². The number of hydrogen-bond donors (Lipinski definition) is 2. The van der Waals surface area contributed by atoms with E-state index in [1.807, 2.05) is 13.0 Å². The molecule has 2 N–H and O–H groups in total. The number of halogens is 2. The first kappa shape index (κ1) is 18.4. The van der Waals surface area contributed by atoms with Gasteiger partial charge in [0.2, 0.25) is 11.8 Å². The minimum Gasteiger partial charge on any atom is -0.356 e. The summed E-state index contributed by atoms with van der Waals surface area (Å²) in [7, 11) is 0. The molecule has 0 saturated heterocycles. The zero-order valence-electron chi connectivity index (χ0n) is 14.4. The van der Waals surface area contributed by atoms with Gasteiger partial charge >= 0.3 is 0 Å². The average molecular weight is 375 g/mol. The van der Waals surface area contributed by atoms with Gasteiger partial charge in [-0.25, -0.2) is 4.39 Å². The van der Waals surface area contributed by atoms with Crippen LogP contribution in [0.15, 0.2) is 42.5 Å². The van der Waals surface area contributed by atoms with E-state index in [2.05, 4.69) is 10.6 Å². The second kappa shape index (κ2) is 7.87. The average Bonchev–Trinajstić information content (AvgIpc) is 3.41. The van der Waals surface area contributed by atoms with E-state index in [0.717, 1.165) is 11.1 Å². The summed E-state index contributed by atoms with van der Waals surface area (Å²) in [5.74, 6) is -1.15. The van der Waals surface area contributed by atoms with E-state index in [0.29, 0.717) is 30.1 Å². The first-order chi connectivity index (χ1) is 12.4. The van der Waals surface area contributed by atoms with Gasteiger partial charge in [0.15, 0.2) is 0 Å². The lowest BCUT2D eigenvalue weighted by Crippen LogP contribution is -2.29. The van der Waals surface area contributed by atoms with E-state index in [9.17, 15) is 14.0 Å². The maximum atomic E-state index is 12.9. The van der Waals surface area contributed by atoms with Gasteiger partial charge in [0.05, 0.1) is 11.8 Å². The van der Waals surface area contributed by atoms with Crippen LogP contribution in [0.1, 0.15) is 17.5 Å². The standard InChI is InChI=1S/C20H20ClFN2O2/c1-12-2-5-14(21)10-18(12)24-20(26)17-11-16(17)19(25)23-9-8-13-3-6-15(22)7-4-13/h2-7,10,16-17H,8-9,11H2,1H3,(H,23,25)(H,24,26). The largest absolute Gasteiger partial charge is 0.356 e. The normalized spacial score (nSPS) is 18.3. The summed E-state index contributed by atoms with van der Waals surface area (Å²) in [6, 6.07) is 11.5. The Kier molecular flexibility index (Phi) is 5.57. The Balaban J connectivity index is 1.45. The van der Waals surface area contributed by atoms with Crippen LogP contribution in [0.25, 0.3) is 0 Å². The molecule has 6 heteroatoms. The van der Waals surface area contributed by atoms with Crippen molar-refractivity contribution in [3.63, 3.8) is 0 Å². The van der Waals surface area contributed by atoms with E-state index in [-0.39, 0.29) is 29.5 Å². The van der Waals surface area contributed by atoms with Crippen LogP contribution in [0.3, 0.4) is 0 Å². The number of nitrogens with one attached hydrogen (secondary N) is 2. The number of amides is 2. The Morgan fingerprint density at radius 2 is 1.81 bits per heavy atom. The summed E-state index contributed by atoms with van der Waals surface area (Å²) in [6.45, 7) is 2.35.